The quantitative estimate of drug-likeness (QED) is 0.775. The zero-order valence-electron chi connectivity index (χ0n) is 13.0. The first-order valence-corrected chi connectivity index (χ1v) is 7.51. The number of hydrogen-bond donors (Lipinski definition) is 1. The second-order valence-corrected chi connectivity index (χ2v) is 5.39. The molecule has 0 aliphatic rings. The predicted molar refractivity (Wildman–Crippen MR) is 90.4 cm³/mol. The molecule has 0 aliphatic carbocycles. The van der Waals surface area contributed by atoms with Gasteiger partial charge in [-0.1, -0.05) is 29.8 Å². The zero-order chi connectivity index (χ0) is 17.1. The minimum Gasteiger partial charge on any atom is -0.496 e. The van der Waals surface area contributed by atoms with E-state index < -0.39 is 5.91 Å². The zero-order valence-corrected chi connectivity index (χ0v) is 13.8. The fourth-order valence-electron chi connectivity index (χ4n) is 2.16. The molecule has 0 saturated carbocycles. The third-order valence-electron chi connectivity index (χ3n) is 3.47. The Morgan fingerprint density at radius 1 is 1.17 bits per heavy atom. The van der Waals surface area contributed by atoms with Crippen LogP contribution >= 0.6 is 11.6 Å². The number of hydrogen-bond acceptors (Lipinski definition) is 5. The summed E-state index contributed by atoms with van der Waals surface area (Å²) < 4.78 is 10.7. The lowest BCUT2D eigenvalue weighted by Crippen LogP contribution is -2.13. The van der Waals surface area contributed by atoms with Gasteiger partial charge in [0, 0.05) is 10.7 Å². The molecule has 6 nitrogen and oxygen atoms in total. The first kappa shape index (κ1) is 16.0. The van der Waals surface area contributed by atoms with Crippen molar-refractivity contribution in [3.8, 4) is 17.2 Å². The summed E-state index contributed by atoms with van der Waals surface area (Å²) in [6.07, 6.45) is 0. The van der Waals surface area contributed by atoms with Crippen LogP contribution in [0.2, 0.25) is 5.02 Å². The van der Waals surface area contributed by atoms with Gasteiger partial charge in [0.05, 0.1) is 12.7 Å². The van der Waals surface area contributed by atoms with Crippen LogP contribution in [-0.4, -0.2) is 23.2 Å². The normalized spacial score (nSPS) is 10.5. The Morgan fingerprint density at radius 3 is 2.75 bits per heavy atom. The molecule has 0 radical (unpaired) electrons. The molecule has 0 bridgehead atoms. The highest BCUT2D eigenvalue weighted by molar-refractivity contribution is 6.31. The maximum Gasteiger partial charge on any atom is 0.313 e. The van der Waals surface area contributed by atoms with E-state index >= 15 is 0 Å². The monoisotopic (exact) mass is 343 g/mol. The van der Waals surface area contributed by atoms with E-state index in [-0.39, 0.29) is 11.8 Å². The first-order valence-electron chi connectivity index (χ1n) is 7.13. The number of para-hydroxylation sites is 1. The van der Waals surface area contributed by atoms with Gasteiger partial charge in [-0.3, -0.25) is 4.79 Å². The van der Waals surface area contributed by atoms with Gasteiger partial charge in [-0.05, 0) is 36.8 Å². The largest absolute Gasteiger partial charge is 0.496 e. The maximum atomic E-state index is 12.3. The number of nitrogens with one attached hydrogen (secondary N) is 1. The molecule has 122 valence electrons. The van der Waals surface area contributed by atoms with Gasteiger partial charge in [-0.25, -0.2) is 0 Å². The number of rotatable bonds is 4. The standard InChI is InChI=1S/C17H14ClN3O3/c1-10-12(18)7-5-8-13(10)19-15(22)17-21-20-16(24-17)11-6-3-4-9-14(11)23-2/h3-9H,1-2H3,(H,19,22). The van der Waals surface area contributed by atoms with Gasteiger partial charge in [-0.2, -0.15) is 0 Å². The second-order valence-electron chi connectivity index (χ2n) is 4.98. The van der Waals surface area contributed by atoms with Gasteiger partial charge < -0.3 is 14.5 Å². The summed E-state index contributed by atoms with van der Waals surface area (Å²) in [7, 11) is 1.55. The molecular formula is C17H14ClN3O3. The Kier molecular flexibility index (Phi) is 4.48. The summed E-state index contributed by atoms with van der Waals surface area (Å²) >= 11 is 6.04. The van der Waals surface area contributed by atoms with Crippen molar-refractivity contribution in [2.75, 3.05) is 12.4 Å². The summed E-state index contributed by atoms with van der Waals surface area (Å²) in [5.41, 5.74) is 1.96. The summed E-state index contributed by atoms with van der Waals surface area (Å²) in [4.78, 5) is 12.3. The molecule has 0 fully saturated rings. The van der Waals surface area contributed by atoms with Crippen molar-refractivity contribution in [2.45, 2.75) is 6.92 Å². The van der Waals surface area contributed by atoms with E-state index in [1.165, 1.54) is 0 Å². The second kappa shape index (κ2) is 6.72. The lowest BCUT2D eigenvalue weighted by atomic mass is 10.2. The van der Waals surface area contributed by atoms with E-state index in [1.54, 1.807) is 37.4 Å². The first-order chi connectivity index (χ1) is 11.6. The lowest BCUT2D eigenvalue weighted by molar-refractivity contribution is 0.0990. The fraction of sp³-hybridized carbons (Fsp3) is 0.118. The molecule has 1 aromatic heterocycles. The lowest BCUT2D eigenvalue weighted by Gasteiger charge is -2.07. The van der Waals surface area contributed by atoms with Gasteiger partial charge in [0.2, 0.25) is 0 Å². The van der Waals surface area contributed by atoms with E-state index in [9.17, 15) is 4.79 Å². The van der Waals surface area contributed by atoms with Crippen LogP contribution < -0.4 is 10.1 Å². The molecule has 7 heteroatoms. The molecule has 24 heavy (non-hydrogen) atoms. The number of carbonyl (C=O) groups excluding carboxylic acids is 1. The molecule has 1 heterocycles. The number of nitrogens with zero attached hydrogens (tertiary/aromatic N) is 2. The molecule has 3 aromatic rings. The highest BCUT2D eigenvalue weighted by Crippen LogP contribution is 2.28. The number of aromatic nitrogens is 2. The summed E-state index contributed by atoms with van der Waals surface area (Å²) in [5, 5.41) is 11.0. The third-order valence-corrected chi connectivity index (χ3v) is 3.88. The molecule has 0 spiro atoms. The van der Waals surface area contributed by atoms with Gasteiger partial charge in [0.25, 0.3) is 5.89 Å². The molecular weight excluding hydrogens is 330 g/mol. The van der Waals surface area contributed by atoms with Crippen molar-refractivity contribution in [2.24, 2.45) is 0 Å². The molecule has 0 aliphatic heterocycles. The molecule has 0 unspecified atom stereocenters. The average Bonchev–Trinajstić information content (AvgIpc) is 3.09. The van der Waals surface area contributed by atoms with Crippen LogP contribution in [0.4, 0.5) is 5.69 Å². The average molecular weight is 344 g/mol. The van der Waals surface area contributed by atoms with E-state index in [0.717, 1.165) is 5.56 Å². The van der Waals surface area contributed by atoms with Gasteiger partial charge >= 0.3 is 11.8 Å². The molecule has 0 saturated heterocycles. The van der Waals surface area contributed by atoms with E-state index in [1.807, 2.05) is 19.1 Å². The van der Waals surface area contributed by atoms with Crippen molar-refractivity contribution >= 4 is 23.2 Å². The molecule has 3 rings (SSSR count). The minimum atomic E-state index is -0.506. The van der Waals surface area contributed by atoms with Crippen LogP contribution in [-0.2, 0) is 0 Å². The van der Waals surface area contributed by atoms with E-state index in [2.05, 4.69) is 15.5 Å². The molecule has 0 atom stereocenters. The number of halogens is 1. The summed E-state index contributed by atoms with van der Waals surface area (Å²) in [6.45, 7) is 1.81. The Hall–Kier alpha value is -2.86. The number of methoxy groups -OCH3 is 1. The third kappa shape index (κ3) is 3.09. The van der Waals surface area contributed by atoms with Crippen molar-refractivity contribution in [1.29, 1.82) is 0 Å². The summed E-state index contributed by atoms with van der Waals surface area (Å²) in [6, 6.07) is 12.4. The molecule has 1 amide bonds. The van der Waals surface area contributed by atoms with Gasteiger partial charge in [0.1, 0.15) is 5.75 Å². The Balaban J connectivity index is 1.85. The van der Waals surface area contributed by atoms with Crippen LogP contribution in [0.15, 0.2) is 46.9 Å². The maximum absolute atomic E-state index is 12.3. The van der Waals surface area contributed by atoms with Crippen LogP contribution in [0, 0.1) is 6.92 Å². The topological polar surface area (TPSA) is 77.2 Å². The van der Waals surface area contributed by atoms with Gasteiger partial charge in [-0.15, -0.1) is 10.2 Å². The highest BCUT2D eigenvalue weighted by Gasteiger charge is 2.19. The molecule has 1 N–H and O–H groups in total. The smallest absolute Gasteiger partial charge is 0.313 e. The molecule has 2 aromatic carbocycles. The van der Waals surface area contributed by atoms with Crippen molar-refractivity contribution in [3.05, 3.63) is 58.9 Å². The van der Waals surface area contributed by atoms with Crippen molar-refractivity contribution < 1.29 is 13.9 Å². The number of anilines is 1. The highest BCUT2D eigenvalue weighted by atomic mass is 35.5. The Labute approximate surface area is 143 Å². The van der Waals surface area contributed by atoms with Crippen LogP contribution in [0.1, 0.15) is 16.2 Å². The number of ether oxygens (including phenoxy) is 1. The van der Waals surface area contributed by atoms with E-state index in [0.29, 0.717) is 22.0 Å². The van der Waals surface area contributed by atoms with Crippen molar-refractivity contribution in [1.82, 2.24) is 10.2 Å². The Morgan fingerprint density at radius 2 is 1.96 bits per heavy atom. The van der Waals surface area contributed by atoms with Crippen molar-refractivity contribution in [3.63, 3.8) is 0 Å². The number of benzene rings is 2. The summed E-state index contributed by atoms with van der Waals surface area (Å²) in [5.74, 6) is 0.142. The fourth-order valence-corrected chi connectivity index (χ4v) is 2.34. The SMILES string of the molecule is COc1ccccc1-c1nnc(C(=O)Nc2cccc(Cl)c2C)o1. The van der Waals surface area contributed by atoms with E-state index in [4.69, 9.17) is 20.8 Å². The van der Waals surface area contributed by atoms with Crippen LogP contribution in [0.3, 0.4) is 0 Å². The Bertz CT molecular complexity index is 892. The number of amides is 1. The van der Waals surface area contributed by atoms with Crippen LogP contribution in [0.25, 0.3) is 11.5 Å². The van der Waals surface area contributed by atoms with Gasteiger partial charge in [0.15, 0.2) is 0 Å². The van der Waals surface area contributed by atoms with Crippen LogP contribution in [0.5, 0.6) is 5.75 Å². The number of carbonyl (C=O) groups is 1. The predicted octanol–water partition coefficient (Wildman–Crippen LogP) is 3.96. The minimum absolute atomic E-state index is 0.143.